The maximum absolute atomic E-state index is 13.4. The highest BCUT2D eigenvalue weighted by molar-refractivity contribution is 7.13. The Morgan fingerprint density at radius 2 is 1.97 bits per heavy atom. The quantitative estimate of drug-likeness (QED) is 0.423. The maximum Gasteiger partial charge on any atom is 0.254 e. The molecule has 206 valence electrons. The van der Waals surface area contributed by atoms with Crippen molar-refractivity contribution >= 4 is 29.1 Å². The van der Waals surface area contributed by atoms with Crippen LogP contribution in [0.2, 0.25) is 0 Å². The van der Waals surface area contributed by atoms with E-state index in [4.69, 9.17) is 4.74 Å². The molecule has 10 heteroatoms. The summed E-state index contributed by atoms with van der Waals surface area (Å²) < 4.78 is 5.48. The summed E-state index contributed by atoms with van der Waals surface area (Å²) >= 11 is 1.58. The molecule has 2 unspecified atom stereocenters. The molecule has 1 fully saturated rings. The number of likely N-dealkylation sites (tertiary alicyclic amines) is 1. The monoisotopic (exact) mass is 550 g/mol. The number of carbonyl (C=O) groups is 3. The van der Waals surface area contributed by atoms with Gasteiger partial charge in [-0.2, -0.15) is 0 Å². The first-order valence-corrected chi connectivity index (χ1v) is 13.8. The summed E-state index contributed by atoms with van der Waals surface area (Å²) in [6, 6.07) is 13.0. The SMILES string of the molecule is CCOc1cccc(C(=O)N(C)[C@H](C)C(=O)N2CC(O)CC2C(=O)NCc2ccc(-c3scnc3C)cc2)c1. The van der Waals surface area contributed by atoms with Crippen molar-refractivity contribution in [3.63, 3.8) is 0 Å². The first kappa shape index (κ1) is 28.3. The molecule has 3 atom stereocenters. The highest BCUT2D eigenvalue weighted by atomic mass is 32.1. The number of aliphatic hydroxyl groups excluding tert-OH is 1. The third-order valence-corrected chi connectivity index (χ3v) is 7.92. The average molecular weight is 551 g/mol. The second-order valence-corrected chi connectivity index (χ2v) is 10.5. The normalized spacial score (nSPS) is 17.5. The second-order valence-electron chi connectivity index (χ2n) is 9.63. The Bertz CT molecular complexity index is 1330. The number of hydrogen-bond acceptors (Lipinski definition) is 7. The minimum absolute atomic E-state index is 0.0337. The Balaban J connectivity index is 1.38. The van der Waals surface area contributed by atoms with E-state index < -0.39 is 24.1 Å². The van der Waals surface area contributed by atoms with Crippen LogP contribution in [0.15, 0.2) is 54.0 Å². The molecule has 1 aliphatic heterocycles. The Hall–Kier alpha value is -3.76. The number of hydrogen-bond donors (Lipinski definition) is 2. The van der Waals surface area contributed by atoms with E-state index in [0.717, 1.165) is 21.7 Å². The lowest BCUT2D eigenvalue weighted by Crippen LogP contribution is -2.52. The van der Waals surface area contributed by atoms with Crippen molar-refractivity contribution in [1.29, 1.82) is 0 Å². The number of amides is 3. The molecule has 2 N–H and O–H groups in total. The van der Waals surface area contributed by atoms with Crippen LogP contribution in [0, 0.1) is 6.92 Å². The highest BCUT2D eigenvalue weighted by Crippen LogP contribution is 2.27. The van der Waals surface area contributed by atoms with E-state index in [0.29, 0.717) is 24.5 Å². The second kappa shape index (κ2) is 12.4. The zero-order valence-electron chi connectivity index (χ0n) is 22.6. The molecule has 1 saturated heterocycles. The standard InChI is InChI=1S/C29H34N4O5S/c1-5-38-24-8-6-7-22(13-24)29(37)32(4)19(3)28(36)33-16-23(34)14-25(33)27(35)30-15-20-9-11-21(12-10-20)26-18(2)31-17-39-26/h6-13,17,19,23,25,34H,5,14-16H2,1-4H3,(H,30,35)/t19-,23?,25?/m1/s1. The number of β-amino-alcohol motifs (C(OH)–C–C–N with tert-alkyl or cyclic N) is 1. The van der Waals surface area contributed by atoms with Crippen LogP contribution >= 0.6 is 11.3 Å². The number of aliphatic hydroxyl groups is 1. The number of thiazole rings is 1. The fraction of sp³-hybridized carbons (Fsp3) is 0.379. The molecule has 1 aromatic heterocycles. The summed E-state index contributed by atoms with van der Waals surface area (Å²) in [4.78, 5) is 47.7. The fourth-order valence-electron chi connectivity index (χ4n) is 4.64. The molecule has 2 heterocycles. The van der Waals surface area contributed by atoms with Gasteiger partial charge in [0.25, 0.3) is 5.91 Å². The van der Waals surface area contributed by atoms with Crippen LogP contribution in [0.25, 0.3) is 10.4 Å². The summed E-state index contributed by atoms with van der Waals surface area (Å²) in [6.07, 6.45) is -0.676. The summed E-state index contributed by atoms with van der Waals surface area (Å²) in [7, 11) is 1.55. The van der Waals surface area contributed by atoms with Gasteiger partial charge in [0.1, 0.15) is 17.8 Å². The first-order chi connectivity index (χ1) is 18.7. The maximum atomic E-state index is 13.4. The Morgan fingerprint density at radius 3 is 2.64 bits per heavy atom. The Morgan fingerprint density at radius 1 is 1.23 bits per heavy atom. The molecule has 0 bridgehead atoms. The molecule has 9 nitrogen and oxygen atoms in total. The fourth-order valence-corrected chi connectivity index (χ4v) is 5.45. The topological polar surface area (TPSA) is 112 Å². The molecule has 0 spiro atoms. The number of likely N-dealkylation sites (N-methyl/N-ethyl adjacent to an activating group) is 1. The molecular formula is C29H34N4O5S. The lowest BCUT2D eigenvalue weighted by atomic mass is 10.1. The van der Waals surface area contributed by atoms with Crippen LogP contribution in [-0.2, 0) is 16.1 Å². The van der Waals surface area contributed by atoms with E-state index in [1.54, 1.807) is 49.6 Å². The molecule has 0 saturated carbocycles. The summed E-state index contributed by atoms with van der Waals surface area (Å²) in [5, 5.41) is 13.2. The van der Waals surface area contributed by atoms with Crippen molar-refractivity contribution < 1.29 is 24.2 Å². The largest absolute Gasteiger partial charge is 0.494 e. The van der Waals surface area contributed by atoms with Gasteiger partial charge in [0.15, 0.2) is 0 Å². The van der Waals surface area contributed by atoms with E-state index >= 15 is 0 Å². The lowest BCUT2D eigenvalue weighted by molar-refractivity contribution is -0.141. The number of benzene rings is 2. The summed E-state index contributed by atoms with van der Waals surface area (Å²) in [6.45, 7) is 6.25. The molecule has 3 amide bonds. The lowest BCUT2D eigenvalue weighted by Gasteiger charge is -2.31. The van der Waals surface area contributed by atoms with E-state index in [1.807, 2.05) is 43.6 Å². The molecule has 0 radical (unpaired) electrons. The van der Waals surface area contributed by atoms with Crippen molar-refractivity contribution in [2.75, 3.05) is 20.2 Å². The minimum Gasteiger partial charge on any atom is -0.494 e. The molecule has 1 aliphatic rings. The van der Waals surface area contributed by atoms with E-state index in [2.05, 4.69) is 10.3 Å². The van der Waals surface area contributed by atoms with Gasteiger partial charge in [-0.05, 0) is 50.1 Å². The number of rotatable bonds is 9. The molecule has 0 aliphatic carbocycles. The van der Waals surface area contributed by atoms with Gasteiger partial charge in [-0.25, -0.2) is 4.98 Å². The van der Waals surface area contributed by atoms with Gasteiger partial charge < -0.3 is 25.0 Å². The van der Waals surface area contributed by atoms with Gasteiger partial charge in [0.05, 0.1) is 28.8 Å². The zero-order chi connectivity index (χ0) is 28.1. The number of carbonyl (C=O) groups excluding carboxylic acids is 3. The van der Waals surface area contributed by atoms with Crippen molar-refractivity contribution in [2.45, 2.75) is 51.9 Å². The number of aromatic nitrogens is 1. The highest BCUT2D eigenvalue weighted by Gasteiger charge is 2.41. The summed E-state index contributed by atoms with van der Waals surface area (Å²) in [5.74, 6) is -0.501. The van der Waals surface area contributed by atoms with Crippen LogP contribution in [0.4, 0.5) is 0 Å². The van der Waals surface area contributed by atoms with E-state index in [9.17, 15) is 19.5 Å². The number of nitrogens with one attached hydrogen (secondary N) is 1. The first-order valence-electron chi connectivity index (χ1n) is 12.9. The minimum atomic E-state index is -0.836. The van der Waals surface area contributed by atoms with Crippen LogP contribution in [0.5, 0.6) is 5.75 Å². The smallest absolute Gasteiger partial charge is 0.254 e. The van der Waals surface area contributed by atoms with Crippen molar-refractivity contribution in [3.8, 4) is 16.2 Å². The summed E-state index contributed by atoms with van der Waals surface area (Å²) in [5.41, 5.74) is 5.18. The molecule has 4 rings (SSSR count). The predicted molar refractivity (Wildman–Crippen MR) is 149 cm³/mol. The van der Waals surface area contributed by atoms with Gasteiger partial charge in [-0.1, -0.05) is 30.3 Å². The van der Waals surface area contributed by atoms with Gasteiger partial charge in [-0.3, -0.25) is 14.4 Å². The van der Waals surface area contributed by atoms with Crippen molar-refractivity contribution in [1.82, 2.24) is 20.1 Å². The average Bonchev–Trinajstić information content (AvgIpc) is 3.56. The zero-order valence-corrected chi connectivity index (χ0v) is 23.4. The van der Waals surface area contributed by atoms with Crippen LogP contribution in [0.1, 0.15) is 41.9 Å². The van der Waals surface area contributed by atoms with Gasteiger partial charge in [0, 0.05) is 32.1 Å². The molecule has 3 aromatic rings. The molecule has 2 aromatic carbocycles. The number of ether oxygens (including phenoxy) is 1. The van der Waals surface area contributed by atoms with E-state index in [1.165, 1.54) is 9.80 Å². The number of aryl methyl sites for hydroxylation is 1. The predicted octanol–water partition coefficient (Wildman–Crippen LogP) is 3.26. The van der Waals surface area contributed by atoms with Crippen molar-refractivity contribution in [3.05, 3.63) is 70.9 Å². The Kier molecular flexibility index (Phi) is 8.98. The molecular weight excluding hydrogens is 516 g/mol. The number of nitrogens with zero attached hydrogens (tertiary/aromatic N) is 3. The third-order valence-electron chi connectivity index (χ3n) is 6.94. The Labute approximate surface area is 232 Å². The molecule has 39 heavy (non-hydrogen) atoms. The van der Waals surface area contributed by atoms with E-state index in [-0.39, 0.29) is 24.8 Å². The van der Waals surface area contributed by atoms with Gasteiger partial charge >= 0.3 is 0 Å². The van der Waals surface area contributed by atoms with Crippen molar-refractivity contribution in [2.24, 2.45) is 0 Å². The van der Waals surface area contributed by atoms with Crippen LogP contribution < -0.4 is 10.1 Å². The van der Waals surface area contributed by atoms with Gasteiger partial charge in [0.2, 0.25) is 11.8 Å². The third kappa shape index (κ3) is 6.46. The van der Waals surface area contributed by atoms with Gasteiger partial charge in [-0.15, -0.1) is 11.3 Å². The van der Waals surface area contributed by atoms with Crippen LogP contribution in [0.3, 0.4) is 0 Å². The van der Waals surface area contributed by atoms with Crippen LogP contribution in [-0.4, -0.2) is 76.0 Å².